The van der Waals surface area contributed by atoms with Gasteiger partial charge < -0.3 is 19.5 Å². The van der Waals surface area contributed by atoms with Gasteiger partial charge in [-0.2, -0.15) is 13.2 Å². The van der Waals surface area contributed by atoms with Crippen molar-refractivity contribution in [3.8, 4) is 11.3 Å². The van der Waals surface area contributed by atoms with Crippen LogP contribution in [0.1, 0.15) is 55.0 Å². The van der Waals surface area contributed by atoms with Gasteiger partial charge in [0, 0.05) is 30.8 Å². The van der Waals surface area contributed by atoms with Crippen LogP contribution in [-0.2, 0) is 24.1 Å². The standard InChI is InChI=1S/C29H32F4N4O2.3ClH/c30-25-10-9-22(16-24(25)29(31,32)33)26-18-36(27(35-26)21-11-13-34-14-12-21)17-23-8-4-5-15-37(23)28(38)39-19-20-6-2-1-3-7-20;;;/h1-3,6-7,9-10,16,18,21,23,34H,4-5,8,11-15,17,19H2;3*1H/t23-;;;/m1.../s1. The third kappa shape index (κ3) is 8.52. The second-order valence-electron chi connectivity index (χ2n) is 10.2. The van der Waals surface area contributed by atoms with Crippen LogP contribution in [0.15, 0.2) is 54.7 Å². The summed E-state index contributed by atoms with van der Waals surface area (Å²) >= 11 is 0. The van der Waals surface area contributed by atoms with Gasteiger partial charge in [0.15, 0.2) is 0 Å². The maximum Gasteiger partial charge on any atom is 0.419 e. The number of nitrogens with one attached hydrogen (secondary N) is 1. The molecule has 13 heteroatoms. The quantitative estimate of drug-likeness (QED) is 0.278. The van der Waals surface area contributed by atoms with Gasteiger partial charge in [-0.15, -0.1) is 37.2 Å². The molecule has 0 unspecified atom stereocenters. The van der Waals surface area contributed by atoms with Crippen molar-refractivity contribution in [1.29, 1.82) is 0 Å². The zero-order chi connectivity index (χ0) is 27.4. The molecule has 42 heavy (non-hydrogen) atoms. The predicted molar refractivity (Wildman–Crippen MR) is 160 cm³/mol. The van der Waals surface area contributed by atoms with E-state index in [1.165, 1.54) is 6.07 Å². The van der Waals surface area contributed by atoms with E-state index in [2.05, 4.69) is 5.32 Å². The molecule has 2 aliphatic heterocycles. The number of hydrogen-bond acceptors (Lipinski definition) is 4. The number of halogens is 7. The molecule has 3 aromatic rings. The van der Waals surface area contributed by atoms with Crippen molar-refractivity contribution < 1.29 is 27.1 Å². The molecule has 2 fully saturated rings. The maximum atomic E-state index is 14.0. The summed E-state index contributed by atoms with van der Waals surface area (Å²) in [4.78, 5) is 19.6. The van der Waals surface area contributed by atoms with Gasteiger partial charge in [-0.05, 0) is 69.0 Å². The Hall–Kier alpha value is -2.53. The highest BCUT2D eigenvalue weighted by Gasteiger charge is 2.35. The first-order valence-electron chi connectivity index (χ1n) is 13.4. The van der Waals surface area contributed by atoms with E-state index in [4.69, 9.17) is 9.72 Å². The number of benzene rings is 2. The first-order chi connectivity index (χ1) is 18.8. The number of imidazole rings is 1. The number of nitrogens with zero attached hydrogens (tertiary/aromatic N) is 3. The van der Waals surface area contributed by atoms with Crippen LogP contribution in [0.3, 0.4) is 0 Å². The molecule has 0 bridgehead atoms. The normalized spacial score (nSPS) is 17.4. The Balaban J connectivity index is 0.00000205. The fourth-order valence-electron chi connectivity index (χ4n) is 5.48. The number of likely N-dealkylation sites (tertiary alicyclic amines) is 1. The van der Waals surface area contributed by atoms with Crippen LogP contribution in [0.4, 0.5) is 22.4 Å². The number of piperidine rings is 2. The van der Waals surface area contributed by atoms with Gasteiger partial charge in [0.05, 0.1) is 17.3 Å². The number of alkyl halides is 3. The maximum absolute atomic E-state index is 14.0. The van der Waals surface area contributed by atoms with Crippen LogP contribution in [0.5, 0.6) is 0 Å². The average molecular weight is 654 g/mol. The zero-order valence-electron chi connectivity index (χ0n) is 22.8. The summed E-state index contributed by atoms with van der Waals surface area (Å²) in [5, 5.41) is 3.33. The van der Waals surface area contributed by atoms with Crippen LogP contribution in [0.2, 0.25) is 0 Å². The van der Waals surface area contributed by atoms with E-state index in [0.29, 0.717) is 18.8 Å². The number of carbonyl (C=O) groups excluding carboxylic acids is 1. The number of hydrogen-bond donors (Lipinski definition) is 1. The van der Waals surface area contributed by atoms with E-state index in [0.717, 1.165) is 68.7 Å². The average Bonchev–Trinajstić information content (AvgIpc) is 3.36. The van der Waals surface area contributed by atoms with Crippen LogP contribution in [0, 0.1) is 5.82 Å². The molecule has 6 nitrogen and oxygen atoms in total. The van der Waals surface area contributed by atoms with Gasteiger partial charge in [-0.25, -0.2) is 14.2 Å². The second-order valence-corrected chi connectivity index (χ2v) is 10.2. The molecule has 0 aliphatic carbocycles. The van der Waals surface area contributed by atoms with Gasteiger partial charge in [-0.1, -0.05) is 30.3 Å². The molecule has 0 saturated carbocycles. The van der Waals surface area contributed by atoms with Gasteiger partial charge in [0.1, 0.15) is 18.2 Å². The van der Waals surface area contributed by atoms with E-state index in [-0.39, 0.29) is 67.4 Å². The molecule has 2 saturated heterocycles. The van der Waals surface area contributed by atoms with Crippen molar-refractivity contribution in [2.75, 3.05) is 19.6 Å². The number of rotatable bonds is 6. The van der Waals surface area contributed by atoms with Crippen LogP contribution >= 0.6 is 37.2 Å². The largest absolute Gasteiger partial charge is 0.445 e. The van der Waals surface area contributed by atoms with Crippen LogP contribution < -0.4 is 5.32 Å². The SMILES string of the molecule is Cl.Cl.Cl.O=C(OCc1ccccc1)N1CCCC[C@@H]1Cn1cc(-c2ccc(F)c(C(F)(F)F)c2)nc1C1CCNCC1. The summed E-state index contributed by atoms with van der Waals surface area (Å²) in [5.41, 5.74) is 0.172. The molecule has 3 heterocycles. The van der Waals surface area contributed by atoms with E-state index in [1.54, 1.807) is 11.1 Å². The number of ether oxygens (including phenoxy) is 1. The van der Waals surface area contributed by atoms with Crippen molar-refractivity contribution in [1.82, 2.24) is 19.8 Å². The number of aromatic nitrogens is 2. The number of carbonyl (C=O) groups is 1. The summed E-state index contributed by atoms with van der Waals surface area (Å²) in [7, 11) is 0. The first kappa shape index (κ1) is 35.7. The summed E-state index contributed by atoms with van der Waals surface area (Å²) in [6, 6.07) is 12.4. The Kier molecular flexibility index (Phi) is 13.4. The topological polar surface area (TPSA) is 59.4 Å². The van der Waals surface area contributed by atoms with Gasteiger partial charge >= 0.3 is 12.3 Å². The molecule has 2 aromatic carbocycles. The molecule has 1 N–H and O–H groups in total. The highest BCUT2D eigenvalue weighted by Crippen LogP contribution is 2.35. The van der Waals surface area contributed by atoms with E-state index >= 15 is 0 Å². The van der Waals surface area contributed by atoms with Crippen molar-refractivity contribution in [2.45, 2.75) is 63.4 Å². The Morgan fingerprint density at radius 1 is 1.00 bits per heavy atom. The molecule has 1 aromatic heterocycles. The summed E-state index contributed by atoms with van der Waals surface area (Å²) in [5.74, 6) is -0.395. The highest BCUT2D eigenvalue weighted by molar-refractivity contribution is 5.86. The fourth-order valence-corrected chi connectivity index (χ4v) is 5.48. The Labute approximate surface area is 261 Å². The third-order valence-electron chi connectivity index (χ3n) is 7.55. The second kappa shape index (κ2) is 15.8. The first-order valence-corrected chi connectivity index (χ1v) is 13.4. The van der Waals surface area contributed by atoms with E-state index < -0.39 is 17.6 Å². The fraction of sp³-hybridized carbons (Fsp3) is 0.448. The lowest BCUT2D eigenvalue weighted by Crippen LogP contribution is -2.46. The van der Waals surface area contributed by atoms with Gasteiger partial charge in [0.25, 0.3) is 0 Å². The highest BCUT2D eigenvalue weighted by atomic mass is 35.5. The summed E-state index contributed by atoms with van der Waals surface area (Å²) in [6.45, 7) is 2.87. The Bertz CT molecular complexity index is 1290. The molecule has 2 aliphatic rings. The lowest BCUT2D eigenvalue weighted by Gasteiger charge is -2.35. The van der Waals surface area contributed by atoms with Crippen LogP contribution in [0.25, 0.3) is 11.3 Å². The monoisotopic (exact) mass is 652 g/mol. The third-order valence-corrected chi connectivity index (χ3v) is 7.55. The molecule has 1 amide bonds. The van der Waals surface area contributed by atoms with Crippen LogP contribution in [-0.4, -0.2) is 46.2 Å². The Morgan fingerprint density at radius 3 is 2.40 bits per heavy atom. The predicted octanol–water partition coefficient (Wildman–Crippen LogP) is 7.63. The Morgan fingerprint density at radius 2 is 1.71 bits per heavy atom. The molecular formula is C29H35Cl3F4N4O2. The lowest BCUT2D eigenvalue weighted by atomic mass is 9.96. The summed E-state index contributed by atoms with van der Waals surface area (Å²) < 4.78 is 61.8. The molecule has 1 atom stereocenters. The number of amides is 1. The van der Waals surface area contributed by atoms with Gasteiger partial charge in [0.2, 0.25) is 0 Å². The van der Waals surface area contributed by atoms with Crippen molar-refractivity contribution in [3.63, 3.8) is 0 Å². The minimum atomic E-state index is -4.80. The minimum absolute atomic E-state index is 0. The van der Waals surface area contributed by atoms with Gasteiger partial charge in [-0.3, -0.25) is 0 Å². The smallest absolute Gasteiger partial charge is 0.419 e. The van der Waals surface area contributed by atoms with Crippen molar-refractivity contribution in [2.24, 2.45) is 0 Å². The molecule has 0 radical (unpaired) electrons. The van der Waals surface area contributed by atoms with E-state index in [1.807, 2.05) is 34.9 Å². The van der Waals surface area contributed by atoms with Crippen molar-refractivity contribution >= 4 is 43.3 Å². The van der Waals surface area contributed by atoms with E-state index in [9.17, 15) is 22.4 Å². The zero-order valence-corrected chi connectivity index (χ0v) is 25.3. The minimum Gasteiger partial charge on any atom is -0.445 e. The molecule has 5 rings (SSSR count). The van der Waals surface area contributed by atoms with Crippen molar-refractivity contribution in [3.05, 3.63) is 77.5 Å². The lowest BCUT2D eigenvalue weighted by molar-refractivity contribution is -0.139. The summed E-state index contributed by atoms with van der Waals surface area (Å²) in [6.07, 6.45) is 0.890. The molecular weight excluding hydrogens is 619 g/mol. The molecule has 232 valence electrons. The molecule has 0 spiro atoms.